The van der Waals surface area contributed by atoms with Crippen molar-refractivity contribution in [2.24, 2.45) is 7.05 Å². The first-order valence-electron chi connectivity index (χ1n) is 9.29. The zero-order chi connectivity index (χ0) is 18.4. The highest BCUT2D eigenvalue weighted by Gasteiger charge is 2.27. The van der Waals surface area contributed by atoms with Crippen LogP contribution in [0.15, 0.2) is 91.0 Å². The smallest absolute Gasteiger partial charge is 0.225 e. The molecule has 130 valence electrons. The minimum absolute atomic E-state index is 1.18. The summed E-state index contributed by atoms with van der Waals surface area (Å²) in [5.74, 6) is 1.20. The Morgan fingerprint density at radius 1 is 0.704 bits per heavy atom. The lowest BCUT2D eigenvalue weighted by Gasteiger charge is -2.09. The van der Waals surface area contributed by atoms with Crippen molar-refractivity contribution in [2.75, 3.05) is 0 Å². The van der Waals surface area contributed by atoms with Crippen LogP contribution in [0.1, 0.15) is 5.56 Å². The molecule has 0 N–H and O–H groups in total. The summed E-state index contributed by atoms with van der Waals surface area (Å²) in [5, 5.41) is 2.59. The van der Waals surface area contributed by atoms with Gasteiger partial charge in [-0.2, -0.15) is 4.57 Å². The highest BCUT2D eigenvalue weighted by atomic mass is 15.2. The van der Waals surface area contributed by atoms with Gasteiger partial charge in [-0.3, -0.25) is 0 Å². The van der Waals surface area contributed by atoms with Gasteiger partial charge >= 0.3 is 0 Å². The summed E-state index contributed by atoms with van der Waals surface area (Å²) in [4.78, 5) is 0. The molecule has 0 fully saturated rings. The third-order valence-corrected chi connectivity index (χ3v) is 5.47. The summed E-state index contributed by atoms with van der Waals surface area (Å²) < 4.78 is 4.67. The number of nitrogens with zero attached hydrogens (tertiary/aromatic N) is 2. The molecule has 0 bridgehead atoms. The lowest BCUT2D eigenvalue weighted by molar-refractivity contribution is -0.633. The predicted molar refractivity (Wildman–Crippen MR) is 112 cm³/mol. The first kappa shape index (κ1) is 15.8. The van der Waals surface area contributed by atoms with Gasteiger partial charge in [0, 0.05) is 0 Å². The molecule has 0 saturated heterocycles. The average molecular weight is 349 g/mol. The van der Waals surface area contributed by atoms with Gasteiger partial charge in [-0.15, -0.1) is 0 Å². The molecule has 27 heavy (non-hydrogen) atoms. The van der Waals surface area contributed by atoms with Crippen molar-refractivity contribution in [3.05, 3.63) is 96.6 Å². The number of benzene rings is 4. The molecule has 0 saturated carbocycles. The molecule has 0 aliphatic carbocycles. The zero-order valence-electron chi connectivity index (χ0n) is 15.6. The van der Waals surface area contributed by atoms with Gasteiger partial charge in [0.05, 0.1) is 12.6 Å². The van der Waals surface area contributed by atoms with Crippen molar-refractivity contribution in [1.82, 2.24) is 4.57 Å². The Labute approximate surface area is 158 Å². The molecular weight excluding hydrogens is 328 g/mol. The molecule has 0 spiro atoms. The fourth-order valence-electron chi connectivity index (χ4n) is 4.12. The molecule has 0 atom stereocenters. The van der Waals surface area contributed by atoms with Gasteiger partial charge < -0.3 is 0 Å². The van der Waals surface area contributed by atoms with E-state index in [4.69, 9.17) is 0 Å². The molecule has 2 heteroatoms. The van der Waals surface area contributed by atoms with E-state index < -0.39 is 0 Å². The Morgan fingerprint density at radius 3 is 2.26 bits per heavy atom. The predicted octanol–water partition coefficient (Wildman–Crippen LogP) is 5.58. The van der Waals surface area contributed by atoms with Crippen molar-refractivity contribution in [1.29, 1.82) is 0 Å². The number of hydrogen-bond donors (Lipinski definition) is 0. The van der Waals surface area contributed by atoms with Crippen molar-refractivity contribution < 1.29 is 4.57 Å². The topological polar surface area (TPSA) is 8.81 Å². The van der Waals surface area contributed by atoms with Crippen molar-refractivity contribution in [2.45, 2.75) is 6.92 Å². The largest absolute Gasteiger partial charge is 0.295 e. The third kappa shape index (κ3) is 2.37. The Bertz CT molecular complexity index is 1280. The summed E-state index contributed by atoms with van der Waals surface area (Å²) in [6.07, 6.45) is 0. The van der Waals surface area contributed by atoms with Gasteiger partial charge in [0.15, 0.2) is 11.0 Å². The average Bonchev–Trinajstić information content (AvgIpc) is 3.02. The molecule has 0 aliphatic rings. The number of rotatable bonds is 2. The van der Waals surface area contributed by atoms with Gasteiger partial charge in [-0.1, -0.05) is 60.7 Å². The number of imidazole rings is 1. The first-order chi connectivity index (χ1) is 13.3. The van der Waals surface area contributed by atoms with E-state index in [1.54, 1.807) is 0 Å². The summed E-state index contributed by atoms with van der Waals surface area (Å²) in [5.41, 5.74) is 6.19. The molecular formula is C25H21N2+. The Balaban J connectivity index is 1.92. The second-order valence-electron chi connectivity index (χ2n) is 7.00. The van der Waals surface area contributed by atoms with E-state index in [9.17, 15) is 0 Å². The quantitative estimate of drug-likeness (QED) is 0.368. The van der Waals surface area contributed by atoms with Crippen LogP contribution in [0, 0.1) is 6.92 Å². The summed E-state index contributed by atoms with van der Waals surface area (Å²) in [6.45, 7) is 2.23. The highest BCUT2D eigenvalue weighted by molar-refractivity contribution is 5.91. The maximum Gasteiger partial charge on any atom is 0.295 e. The van der Waals surface area contributed by atoms with Gasteiger partial charge in [-0.25, -0.2) is 4.57 Å². The number of aromatic nitrogens is 2. The lowest BCUT2D eigenvalue weighted by atomic mass is 9.99. The fourth-order valence-corrected chi connectivity index (χ4v) is 4.12. The molecule has 0 aliphatic heterocycles. The molecule has 2 nitrogen and oxygen atoms in total. The van der Waals surface area contributed by atoms with Crippen LogP contribution in [-0.4, -0.2) is 4.57 Å². The molecule has 1 heterocycles. The van der Waals surface area contributed by atoms with Crippen LogP contribution in [0.25, 0.3) is 38.9 Å². The fraction of sp³-hybridized carbons (Fsp3) is 0.0800. The summed E-state index contributed by atoms with van der Waals surface area (Å²) in [7, 11) is 2.16. The maximum absolute atomic E-state index is 2.37. The van der Waals surface area contributed by atoms with Crippen LogP contribution < -0.4 is 4.57 Å². The van der Waals surface area contributed by atoms with E-state index in [1.807, 2.05) is 0 Å². The van der Waals surface area contributed by atoms with E-state index >= 15 is 0 Å². The number of aryl methyl sites for hydroxylation is 2. The van der Waals surface area contributed by atoms with E-state index in [1.165, 1.54) is 44.4 Å². The Morgan fingerprint density at radius 2 is 1.41 bits per heavy atom. The third-order valence-electron chi connectivity index (χ3n) is 5.47. The lowest BCUT2D eigenvalue weighted by Crippen LogP contribution is -2.30. The molecule has 1 aromatic heterocycles. The number of para-hydroxylation sites is 3. The standard InChI is InChI=1S/C25H21N2/c1-18-21-13-7-6-10-19(21)16-17-22(18)25-26(2)23-14-8-9-15-24(23)27(25)20-11-4-3-5-12-20/h3-17H,1-2H3/q+1. The zero-order valence-corrected chi connectivity index (χ0v) is 15.6. The van der Waals surface area contributed by atoms with Crippen LogP contribution in [-0.2, 0) is 7.05 Å². The van der Waals surface area contributed by atoms with Crippen molar-refractivity contribution in [3.8, 4) is 17.1 Å². The van der Waals surface area contributed by atoms with E-state index in [0.717, 1.165) is 0 Å². The minimum Gasteiger partial charge on any atom is -0.225 e. The van der Waals surface area contributed by atoms with Gasteiger partial charge in [0.2, 0.25) is 0 Å². The SMILES string of the molecule is Cc1c(-c2n(-c3ccccc3)c3ccccc3[n+]2C)ccc2ccccc12. The summed E-state index contributed by atoms with van der Waals surface area (Å²) >= 11 is 0. The van der Waals surface area contributed by atoms with E-state index in [-0.39, 0.29) is 0 Å². The highest BCUT2D eigenvalue weighted by Crippen LogP contribution is 2.32. The van der Waals surface area contributed by atoms with Crippen LogP contribution in [0.4, 0.5) is 0 Å². The van der Waals surface area contributed by atoms with Crippen LogP contribution in [0.3, 0.4) is 0 Å². The second kappa shape index (κ2) is 6.10. The molecule has 0 amide bonds. The van der Waals surface area contributed by atoms with Gasteiger partial charge in [-0.05, 0) is 53.6 Å². The van der Waals surface area contributed by atoms with Crippen LogP contribution in [0.2, 0.25) is 0 Å². The normalized spacial score (nSPS) is 11.3. The van der Waals surface area contributed by atoms with E-state index in [0.29, 0.717) is 0 Å². The molecule has 0 unspecified atom stereocenters. The first-order valence-corrected chi connectivity index (χ1v) is 9.29. The maximum atomic E-state index is 2.37. The van der Waals surface area contributed by atoms with E-state index in [2.05, 4.69) is 114 Å². The minimum atomic E-state index is 1.18. The molecule has 4 aromatic carbocycles. The molecule has 5 rings (SSSR count). The van der Waals surface area contributed by atoms with Crippen LogP contribution in [0.5, 0.6) is 0 Å². The monoisotopic (exact) mass is 349 g/mol. The molecule has 0 radical (unpaired) electrons. The molecule has 5 aromatic rings. The van der Waals surface area contributed by atoms with Crippen LogP contribution >= 0.6 is 0 Å². The second-order valence-corrected chi connectivity index (χ2v) is 7.00. The van der Waals surface area contributed by atoms with Gasteiger partial charge in [0.25, 0.3) is 5.82 Å². The Hall–Kier alpha value is -3.39. The Kier molecular flexibility index (Phi) is 3.58. The van der Waals surface area contributed by atoms with Crippen molar-refractivity contribution >= 4 is 21.8 Å². The number of fused-ring (bicyclic) bond motifs is 2. The number of hydrogen-bond acceptors (Lipinski definition) is 0. The van der Waals surface area contributed by atoms with Gasteiger partial charge in [0.1, 0.15) is 5.69 Å². The summed E-state index contributed by atoms with van der Waals surface area (Å²) in [6, 6.07) is 32.3. The van der Waals surface area contributed by atoms with Crippen molar-refractivity contribution in [3.63, 3.8) is 0 Å².